The minimum Gasteiger partial charge on any atom is -0.489 e. The van der Waals surface area contributed by atoms with E-state index in [1.807, 2.05) is 122 Å². The van der Waals surface area contributed by atoms with Crippen LogP contribution in [0.3, 0.4) is 0 Å². The smallest absolute Gasteiger partial charge is 0.193 e. The van der Waals surface area contributed by atoms with E-state index < -0.39 is 0 Å². The third kappa shape index (κ3) is 7.29. The fourth-order valence-corrected chi connectivity index (χ4v) is 4.75. The van der Waals surface area contributed by atoms with Crippen LogP contribution in [-0.4, -0.2) is 18.0 Å². The second kappa shape index (κ2) is 13.9. The van der Waals surface area contributed by atoms with Crippen molar-refractivity contribution in [2.24, 2.45) is 4.99 Å². The van der Waals surface area contributed by atoms with Crippen molar-refractivity contribution in [3.63, 3.8) is 0 Å². The van der Waals surface area contributed by atoms with Crippen LogP contribution in [0.4, 0.5) is 11.4 Å². The van der Waals surface area contributed by atoms with Crippen LogP contribution >= 0.6 is 0 Å². The Labute approximate surface area is 248 Å². The van der Waals surface area contributed by atoms with E-state index in [4.69, 9.17) is 4.74 Å². The number of benzene rings is 4. The van der Waals surface area contributed by atoms with Gasteiger partial charge in [-0.2, -0.15) is 0 Å². The van der Waals surface area contributed by atoms with Crippen LogP contribution in [0, 0.1) is 0 Å². The van der Waals surface area contributed by atoms with Crippen LogP contribution in [0.2, 0.25) is 0 Å². The summed E-state index contributed by atoms with van der Waals surface area (Å²) in [6.45, 7) is 4.71. The Kier molecular flexibility index (Phi) is 9.38. The van der Waals surface area contributed by atoms with Crippen molar-refractivity contribution in [3.8, 4) is 5.75 Å². The first kappa shape index (κ1) is 28.3. The summed E-state index contributed by atoms with van der Waals surface area (Å²) in [5.41, 5.74) is 6.62. The zero-order chi connectivity index (χ0) is 29.1. The van der Waals surface area contributed by atoms with Gasteiger partial charge in [0, 0.05) is 35.3 Å². The quantitative estimate of drug-likeness (QED) is 0.112. The average molecular weight is 551 g/mol. The summed E-state index contributed by atoms with van der Waals surface area (Å²) in [5, 5.41) is 0. The van der Waals surface area contributed by atoms with E-state index in [1.165, 1.54) is 0 Å². The molecular formula is C38H34N2O2. The zero-order valence-electron chi connectivity index (χ0n) is 23.9. The third-order valence-electron chi connectivity index (χ3n) is 6.98. The van der Waals surface area contributed by atoms with Gasteiger partial charge >= 0.3 is 0 Å². The molecule has 1 aliphatic heterocycles. The van der Waals surface area contributed by atoms with Gasteiger partial charge in [-0.1, -0.05) is 78.9 Å². The monoisotopic (exact) mass is 550 g/mol. The molecule has 1 heterocycles. The summed E-state index contributed by atoms with van der Waals surface area (Å²) >= 11 is 0. The fourth-order valence-electron chi connectivity index (χ4n) is 4.75. The molecule has 4 heteroatoms. The summed E-state index contributed by atoms with van der Waals surface area (Å²) in [4.78, 5) is 19.6. The van der Waals surface area contributed by atoms with Gasteiger partial charge in [0.2, 0.25) is 0 Å². The highest BCUT2D eigenvalue weighted by atomic mass is 16.5. The zero-order valence-corrected chi connectivity index (χ0v) is 23.9. The van der Waals surface area contributed by atoms with Crippen LogP contribution in [0.5, 0.6) is 5.75 Å². The maximum atomic E-state index is 12.8. The Morgan fingerprint density at radius 3 is 2.19 bits per heavy atom. The van der Waals surface area contributed by atoms with Gasteiger partial charge < -0.3 is 9.64 Å². The number of ketones is 1. The summed E-state index contributed by atoms with van der Waals surface area (Å²) in [5.74, 6) is 0.845. The molecule has 0 N–H and O–H groups in total. The Bertz CT molecular complexity index is 1630. The molecule has 4 aromatic carbocycles. The van der Waals surface area contributed by atoms with E-state index >= 15 is 0 Å². The van der Waals surface area contributed by atoms with Crippen LogP contribution in [0.15, 0.2) is 162 Å². The number of anilines is 1. The van der Waals surface area contributed by atoms with Crippen LogP contribution < -0.4 is 9.64 Å². The maximum absolute atomic E-state index is 12.8. The summed E-state index contributed by atoms with van der Waals surface area (Å²) < 4.78 is 5.88. The normalized spacial score (nSPS) is 15.3. The lowest BCUT2D eigenvalue weighted by Gasteiger charge is -2.30. The van der Waals surface area contributed by atoms with Gasteiger partial charge in [0.1, 0.15) is 12.4 Å². The van der Waals surface area contributed by atoms with E-state index in [1.54, 1.807) is 0 Å². The van der Waals surface area contributed by atoms with Crippen molar-refractivity contribution in [1.29, 1.82) is 0 Å². The van der Waals surface area contributed by atoms with Gasteiger partial charge in [0.05, 0.1) is 5.69 Å². The maximum Gasteiger partial charge on any atom is 0.193 e. The highest BCUT2D eigenvalue weighted by molar-refractivity contribution is 6.09. The molecule has 4 aromatic rings. The number of hydrogen-bond acceptors (Lipinski definition) is 4. The van der Waals surface area contributed by atoms with Crippen molar-refractivity contribution in [2.45, 2.75) is 26.5 Å². The Morgan fingerprint density at radius 2 is 1.52 bits per heavy atom. The largest absolute Gasteiger partial charge is 0.489 e. The Balaban J connectivity index is 1.22. The SMILES string of the molecule is C\C=C/C(=C\C=N\c1ccc(OCc2ccccc2)cc1)C1=CC(C)N(c2ccc(C(=O)c3ccccc3)cc2)C=C1. The number of hydrogen-bond donors (Lipinski definition) is 0. The number of rotatable bonds is 10. The van der Waals surface area contributed by atoms with Crippen LogP contribution in [0.25, 0.3) is 0 Å². The number of allylic oxidation sites excluding steroid dienone is 6. The molecule has 0 aliphatic carbocycles. The molecule has 0 saturated carbocycles. The predicted molar refractivity (Wildman–Crippen MR) is 174 cm³/mol. The van der Waals surface area contributed by atoms with Crippen molar-refractivity contribution in [3.05, 3.63) is 174 Å². The molecule has 0 aromatic heterocycles. The first-order chi connectivity index (χ1) is 20.6. The van der Waals surface area contributed by atoms with E-state index in [-0.39, 0.29) is 11.8 Å². The number of nitrogens with zero attached hydrogens (tertiary/aromatic N) is 2. The molecular weight excluding hydrogens is 516 g/mol. The molecule has 208 valence electrons. The third-order valence-corrected chi connectivity index (χ3v) is 6.98. The average Bonchev–Trinajstić information content (AvgIpc) is 3.04. The van der Waals surface area contributed by atoms with Gasteiger partial charge in [0.15, 0.2) is 5.78 Å². The number of aliphatic imine (C=N–C) groups is 1. The van der Waals surface area contributed by atoms with Crippen LogP contribution in [0.1, 0.15) is 35.3 Å². The van der Waals surface area contributed by atoms with Gasteiger partial charge in [-0.25, -0.2) is 0 Å². The first-order valence-electron chi connectivity index (χ1n) is 14.1. The summed E-state index contributed by atoms with van der Waals surface area (Å²) in [7, 11) is 0. The number of carbonyl (C=O) groups is 1. The lowest BCUT2D eigenvalue weighted by molar-refractivity contribution is 0.103. The lowest BCUT2D eigenvalue weighted by atomic mass is 9.98. The standard InChI is InChI=1S/C38H34N2O2/c1-3-10-31(23-25-39-35-17-21-37(22-18-35)42-28-30-11-6-4-7-12-30)34-24-26-40(29(2)27-34)36-19-15-33(16-20-36)38(41)32-13-8-5-9-14-32/h3-27,29H,28H2,1-2H3/b10-3-,31-23+,39-25+. The molecule has 1 unspecified atom stereocenters. The molecule has 0 radical (unpaired) electrons. The summed E-state index contributed by atoms with van der Waals surface area (Å²) in [6.07, 6.45) is 14.4. The van der Waals surface area contributed by atoms with E-state index in [0.717, 1.165) is 33.8 Å². The molecule has 42 heavy (non-hydrogen) atoms. The molecule has 4 nitrogen and oxygen atoms in total. The molecule has 1 atom stereocenters. The van der Waals surface area contributed by atoms with Crippen molar-refractivity contribution >= 4 is 23.4 Å². The first-order valence-corrected chi connectivity index (χ1v) is 14.1. The van der Waals surface area contributed by atoms with Gasteiger partial charge in [0.25, 0.3) is 0 Å². The second-order valence-electron chi connectivity index (χ2n) is 10.00. The molecule has 5 rings (SSSR count). The van der Waals surface area contributed by atoms with Gasteiger partial charge in [-0.05, 0) is 91.2 Å². The molecule has 1 aliphatic rings. The number of carbonyl (C=O) groups excluding carboxylic acids is 1. The van der Waals surface area contributed by atoms with Crippen molar-refractivity contribution < 1.29 is 9.53 Å². The Hall–Kier alpha value is -5.22. The molecule has 0 saturated heterocycles. The van der Waals surface area contributed by atoms with Crippen molar-refractivity contribution in [2.75, 3.05) is 4.90 Å². The Morgan fingerprint density at radius 1 is 0.857 bits per heavy atom. The lowest BCUT2D eigenvalue weighted by Crippen LogP contribution is -2.28. The van der Waals surface area contributed by atoms with E-state index in [0.29, 0.717) is 17.7 Å². The highest BCUT2D eigenvalue weighted by Gasteiger charge is 2.17. The topological polar surface area (TPSA) is 41.9 Å². The molecule has 0 fully saturated rings. The fraction of sp³-hybridized carbons (Fsp3) is 0.105. The minimum atomic E-state index is 0.0293. The molecule has 0 spiro atoms. The predicted octanol–water partition coefficient (Wildman–Crippen LogP) is 9.05. The van der Waals surface area contributed by atoms with E-state index in [9.17, 15) is 4.79 Å². The van der Waals surface area contributed by atoms with E-state index in [2.05, 4.69) is 53.4 Å². The number of ether oxygens (including phenoxy) is 1. The second-order valence-corrected chi connectivity index (χ2v) is 10.00. The van der Waals surface area contributed by atoms with Gasteiger partial charge in [-0.3, -0.25) is 9.79 Å². The van der Waals surface area contributed by atoms with Gasteiger partial charge in [-0.15, -0.1) is 0 Å². The molecule has 0 bridgehead atoms. The minimum absolute atomic E-state index is 0.0293. The molecule has 0 amide bonds. The van der Waals surface area contributed by atoms with Crippen molar-refractivity contribution in [1.82, 2.24) is 0 Å². The van der Waals surface area contributed by atoms with Crippen LogP contribution in [-0.2, 0) is 6.61 Å². The summed E-state index contributed by atoms with van der Waals surface area (Å²) in [6, 6.07) is 35.2. The highest BCUT2D eigenvalue weighted by Crippen LogP contribution is 2.27.